The van der Waals surface area contributed by atoms with Crippen molar-refractivity contribution in [3.05, 3.63) is 96.6 Å². The summed E-state index contributed by atoms with van der Waals surface area (Å²) < 4.78 is 5.26. The number of nitrogens with zero attached hydrogens (tertiary/aromatic N) is 2. The fourth-order valence-electron chi connectivity index (χ4n) is 3.34. The van der Waals surface area contributed by atoms with Gasteiger partial charge in [-0.05, 0) is 48.0 Å². The quantitative estimate of drug-likeness (QED) is 0.347. The highest BCUT2D eigenvalue weighted by Crippen LogP contribution is 2.34. The maximum atomic E-state index is 12.5. The van der Waals surface area contributed by atoms with Crippen LogP contribution in [0.15, 0.2) is 96.0 Å². The molecule has 0 aliphatic carbocycles. The first-order valence-corrected chi connectivity index (χ1v) is 11.3. The molecule has 4 aromatic rings. The lowest BCUT2D eigenvalue weighted by molar-refractivity contribution is -0.113. The standard InChI is InChI=1S/C27H21N3O2S/c1-32-22-14-12-20(13-15-22)25-16-23(19-8-4-2-5-9-19)24(17-28)27(30-25)33-18-26(31)29-21-10-6-3-7-11-21/h2-16H,18H2,1H3,(H,29,31). The Morgan fingerprint density at radius 2 is 1.64 bits per heavy atom. The van der Waals surface area contributed by atoms with Gasteiger partial charge in [-0.15, -0.1) is 0 Å². The molecule has 0 aliphatic rings. The number of hydrogen-bond acceptors (Lipinski definition) is 5. The van der Waals surface area contributed by atoms with Crippen LogP contribution < -0.4 is 10.1 Å². The number of carbonyl (C=O) groups is 1. The van der Waals surface area contributed by atoms with Crippen molar-refractivity contribution in [2.75, 3.05) is 18.2 Å². The maximum absolute atomic E-state index is 12.5. The summed E-state index contributed by atoms with van der Waals surface area (Å²) in [6.45, 7) is 0. The number of rotatable bonds is 7. The fourth-order valence-corrected chi connectivity index (χ4v) is 4.14. The normalized spacial score (nSPS) is 10.3. The zero-order chi connectivity index (χ0) is 23.0. The number of benzene rings is 3. The Bertz CT molecular complexity index is 1290. The summed E-state index contributed by atoms with van der Waals surface area (Å²) in [7, 11) is 1.62. The van der Waals surface area contributed by atoms with E-state index in [0.717, 1.165) is 33.8 Å². The Kier molecular flexibility index (Phi) is 7.03. The molecule has 33 heavy (non-hydrogen) atoms. The number of ether oxygens (including phenoxy) is 1. The minimum absolute atomic E-state index is 0.136. The van der Waals surface area contributed by atoms with E-state index in [0.29, 0.717) is 10.6 Å². The lowest BCUT2D eigenvalue weighted by Gasteiger charge is -2.13. The van der Waals surface area contributed by atoms with E-state index in [2.05, 4.69) is 11.4 Å². The van der Waals surface area contributed by atoms with Gasteiger partial charge in [0, 0.05) is 16.8 Å². The van der Waals surface area contributed by atoms with Crippen molar-refractivity contribution in [2.24, 2.45) is 0 Å². The SMILES string of the molecule is COc1ccc(-c2cc(-c3ccccc3)c(C#N)c(SCC(=O)Nc3ccccc3)n2)cc1. The number of hydrogen-bond donors (Lipinski definition) is 1. The van der Waals surface area contributed by atoms with E-state index in [4.69, 9.17) is 9.72 Å². The number of nitriles is 1. The number of pyridine rings is 1. The molecule has 0 saturated heterocycles. The van der Waals surface area contributed by atoms with E-state index in [1.165, 1.54) is 11.8 Å². The van der Waals surface area contributed by atoms with Gasteiger partial charge in [0.2, 0.25) is 5.91 Å². The molecule has 0 radical (unpaired) electrons. The molecule has 0 bridgehead atoms. The molecule has 0 spiro atoms. The van der Waals surface area contributed by atoms with Crippen molar-refractivity contribution >= 4 is 23.4 Å². The number of anilines is 1. The van der Waals surface area contributed by atoms with Gasteiger partial charge >= 0.3 is 0 Å². The van der Waals surface area contributed by atoms with E-state index in [9.17, 15) is 10.1 Å². The monoisotopic (exact) mass is 451 g/mol. The summed E-state index contributed by atoms with van der Waals surface area (Å²) in [4.78, 5) is 17.3. The molecule has 1 amide bonds. The summed E-state index contributed by atoms with van der Waals surface area (Å²) in [6, 6.07) is 30.8. The van der Waals surface area contributed by atoms with Crippen LogP contribution in [0, 0.1) is 11.3 Å². The molecule has 162 valence electrons. The Morgan fingerprint density at radius 1 is 0.970 bits per heavy atom. The molecule has 6 heteroatoms. The fraction of sp³-hybridized carbons (Fsp3) is 0.0741. The third kappa shape index (κ3) is 5.40. The molecular formula is C27H21N3O2S. The van der Waals surface area contributed by atoms with Crippen LogP contribution in [0.1, 0.15) is 5.56 Å². The van der Waals surface area contributed by atoms with Gasteiger partial charge in [-0.25, -0.2) is 4.98 Å². The molecule has 0 aliphatic heterocycles. The molecule has 5 nitrogen and oxygen atoms in total. The molecule has 3 aromatic carbocycles. The first-order chi connectivity index (χ1) is 16.2. The predicted molar refractivity (Wildman–Crippen MR) is 132 cm³/mol. The van der Waals surface area contributed by atoms with Crippen molar-refractivity contribution in [1.29, 1.82) is 5.26 Å². The zero-order valence-electron chi connectivity index (χ0n) is 18.0. The van der Waals surface area contributed by atoms with Crippen LogP contribution in [0.25, 0.3) is 22.4 Å². The average Bonchev–Trinajstić information content (AvgIpc) is 2.88. The van der Waals surface area contributed by atoms with Gasteiger partial charge in [0.15, 0.2) is 0 Å². The third-order valence-electron chi connectivity index (χ3n) is 4.97. The summed E-state index contributed by atoms with van der Waals surface area (Å²) in [5.41, 5.74) is 4.51. The van der Waals surface area contributed by atoms with Crippen molar-refractivity contribution in [3.8, 4) is 34.2 Å². The summed E-state index contributed by atoms with van der Waals surface area (Å²) in [6.07, 6.45) is 0. The Balaban J connectivity index is 1.69. The summed E-state index contributed by atoms with van der Waals surface area (Å²) >= 11 is 1.25. The van der Waals surface area contributed by atoms with E-state index in [1.807, 2.05) is 91.0 Å². The number of thioether (sulfide) groups is 1. The smallest absolute Gasteiger partial charge is 0.234 e. The third-order valence-corrected chi connectivity index (χ3v) is 5.94. The molecule has 4 rings (SSSR count). The van der Waals surface area contributed by atoms with Crippen LogP contribution in [0.5, 0.6) is 5.75 Å². The minimum atomic E-state index is -0.159. The van der Waals surface area contributed by atoms with E-state index in [1.54, 1.807) is 7.11 Å². The minimum Gasteiger partial charge on any atom is -0.497 e. The number of carbonyl (C=O) groups excluding carboxylic acids is 1. The number of aromatic nitrogens is 1. The van der Waals surface area contributed by atoms with E-state index in [-0.39, 0.29) is 11.7 Å². The summed E-state index contributed by atoms with van der Waals surface area (Å²) in [5.74, 6) is 0.729. The van der Waals surface area contributed by atoms with Crippen molar-refractivity contribution in [1.82, 2.24) is 4.98 Å². The van der Waals surface area contributed by atoms with Crippen molar-refractivity contribution in [3.63, 3.8) is 0 Å². The largest absolute Gasteiger partial charge is 0.497 e. The molecule has 0 saturated carbocycles. The predicted octanol–water partition coefficient (Wildman–Crippen LogP) is 6.03. The average molecular weight is 452 g/mol. The second-order valence-electron chi connectivity index (χ2n) is 7.14. The molecule has 0 atom stereocenters. The second-order valence-corrected chi connectivity index (χ2v) is 8.11. The van der Waals surface area contributed by atoms with Crippen LogP contribution in [0.2, 0.25) is 0 Å². The highest BCUT2D eigenvalue weighted by Gasteiger charge is 2.17. The topological polar surface area (TPSA) is 75.0 Å². The molecular weight excluding hydrogens is 430 g/mol. The molecule has 0 fully saturated rings. The van der Waals surface area contributed by atoms with Crippen LogP contribution in [0.3, 0.4) is 0 Å². The lowest BCUT2D eigenvalue weighted by Crippen LogP contribution is -2.14. The van der Waals surface area contributed by atoms with Crippen molar-refractivity contribution in [2.45, 2.75) is 5.03 Å². The number of nitrogens with one attached hydrogen (secondary N) is 1. The Morgan fingerprint density at radius 3 is 2.27 bits per heavy atom. The van der Waals surface area contributed by atoms with Gasteiger partial charge in [-0.1, -0.05) is 60.3 Å². The van der Waals surface area contributed by atoms with Crippen LogP contribution in [-0.2, 0) is 4.79 Å². The molecule has 1 aromatic heterocycles. The van der Waals surface area contributed by atoms with Gasteiger partial charge in [-0.2, -0.15) is 5.26 Å². The zero-order valence-corrected chi connectivity index (χ0v) is 18.8. The first-order valence-electron chi connectivity index (χ1n) is 10.3. The van der Waals surface area contributed by atoms with Gasteiger partial charge in [0.1, 0.15) is 16.8 Å². The van der Waals surface area contributed by atoms with Crippen LogP contribution in [-0.4, -0.2) is 23.8 Å². The Hall–Kier alpha value is -4.08. The van der Waals surface area contributed by atoms with E-state index >= 15 is 0 Å². The maximum Gasteiger partial charge on any atom is 0.234 e. The molecule has 1 N–H and O–H groups in total. The molecule has 0 unspecified atom stereocenters. The second kappa shape index (κ2) is 10.5. The number of amides is 1. The Labute approximate surface area is 197 Å². The van der Waals surface area contributed by atoms with Crippen LogP contribution >= 0.6 is 11.8 Å². The molecule has 1 heterocycles. The van der Waals surface area contributed by atoms with Gasteiger partial charge in [0.05, 0.1) is 24.1 Å². The number of methoxy groups -OCH3 is 1. The number of para-hydroxylation sites is 1. The summed E-state index contributed by atoms with van der Waals surface area (Å²) in [5, 5.41) is 13.4. The van der Waals surface area contributed by atoms with Crippen LogP contribution in [0.4, 0.5) is 5.69 Å². The van der Waals surface area contributed by atoms with Gasteiger partial charge < -0.3 is 10.1 Å². The first kappa shape index (κ1) is 22.1. The highest BCUT2D eigenvalue weighted by molar-refractivity contribution is 8.00. The highest BCUT2D eigenvalue weighted by atomic mass is 32.2. The van der Waals surface area contributed by atoms with Gasteiger partial charge in [-0.3, -0.25) is 4.79 Å². The van der Waals surface area contributed by atoms with Gasteiger partial charge in [0.25, 0.3) is 0 Å². The van der Waals surface area contributed by atoms with E-state index < -0.39 is 0 Å². The van der Waals surface area contributed by atoms with Crippen molar-refractivity contribution < 1.29 is 9.53 Å². The lowest BCUT2D eigenvalue weighted by atomic mass is 9.99.